The summed E-state index contributed by atoms with van der Waals surface area (Å²) in [4.78, 5) is 15.6. The van der Waals surface area contributed by atoms with Gasteiger partial charge < -0.3 is 9.47 Å². The molecular weight excluding hydrogens is 314 g/mol. The van der Waals surface area contributed by atoms with Crippen LogP contribution in [0.1, 0.15) is 5.56 Å². The molecule has 0 fully saturated rings. The Hall–Kier alpha value is -2.48. The van der Waals surface area contributed by atoms with Gasteiger partial charge >= 0.3 is 6.61 Å². The molecule has 0 aliphatic carbocycles. The van der Waals surface area contributed by atoms with Gasteiger partial charge in [-0.1, -0.05) is 12.1 Å². The zero-order valence-corrected chi connectivity index (χ0v) is 12.3. The van der Waals surface area contributed by atoms with Crippen LogP contribution in [-0.2, 0) is 4.79 Å². The summed E-state index contributed by atoms with van der Waals surface area (Å²) in [6.07, 6.45) is 4.12. The standard InChI is InChI=1S/C14H12F2N2O3S/c1-20-10-4-2-3-9(12(10)21-13(15)16)5-6-11(19)18-14-17-7-8-22-14/h2-8,13H,1H3,(H,17,18,19). The van der Waals surface area contributed by atoms with Gasteiger partial charge in [0, 0.05) is 23.2 Å². The van der Waals surface area contributed by atoms with Crippen LogP contribution in [0.3, 0.4) is 0 Å². The van der Waals surface area contributed by atoms with E-state index in [-0.39, 0.29) is 11.5 Å². The molecule has 0 unspecified atom stereocenters. The fraction of sp³-hybridized carbons (Fsp3) is 0.143. The van der Waals surface area contributed by atoms with Crippen LogP contribution in [-0.4, -0.2) is 24.6 Å². The number of carbonyl (C=O) groups is 1. The zero-order chi connectivity index (χ0) is 15.9. The fourth-order valence-corrected chi connectivity index (χ4v) is 2.17. The van der Waals surface area contributed by atoms with Crippen LogP contribution in [0.25, 0.3) is 6.08 Å². The zero-order valence-electron chi connectivity index (χ0n) is 11.5. The normalized spacial score (nSPS) is 10.9. The smallest absolute Gasteiger partial charge is 0.387 e. The highest BCUT2D eigenvalue weighted by Crippen LogP contribution is 2.33. The molecule has 1 heterocycles. The van der Waals surface area contributed by atoms with E-state index in [4.69, 9.17) is 4.74 Å². The third-order valence-corrected chi connectivity index (χ3v) is 3.20. The summed E-state index contributed by atoms with van der Waals surface area (Å²) in [6.45, 7) is -2.99. The molecule has 116 valence electrons. The maximum absolute atomic E-state index is 12.5. The monoisotopic (exact) mass is 326 g/mol. The van der Waals surface area contributed by atoms with Crippen LogP contribution in [0.4, 0.5) is 13.9 Å². The molecular formula is C14H12F2N2O3S. The molecule has 5 nitrogen and oxygen atoms in total. The number of alkyl halides is 2. The third kappa shape index (κ3) is 4.26. The minimum atomic E-state index is -2.99. The Kier molecular flexibility index (Phi) is 5.42. The Bertz CT molecular complexity index is 660. The van der Waals surface area contributed by atoms with Gasteiger partial charge in [0.25, 0.3) is 0 Å². The van der Waals surface area contributed by atoms with E-state index in [9.17, 15) is 13.6 Å². The van der Waals surface area contributed by atoms with Crippen molar-refractivity contribution >= 4 is 28.5 Å². The van der Waals surface area contributed by atoms with Crippen LogP contribution < -0.4 is 14.8 Å². The molecule has 0 aliphatic heterocycles. The number of ether oxygens (including phenoxy) is 2. The van der Waals surface area contributed by atoms with Crippen LogP contribution >= 0.6 is 11.3 Å². The average molecular weight is 326 g/mol. The number of benzene rings is 1. The number of halogens is 2. The quantitative estimate of drug-likeness (QED) is 0.827. The van der Waals surface area contributed by atoms with Crippen LogP contribution in [0.2, 0.25) is 0 Å². The molecule has 1 aromatic heterocycles. The molecule has 0 bridgehead atoms. The maximum Gasteiger partial charge on any atom is 0.387 e. The fourth-order valence-electron chi connectivity index (χ4n) is 1.64. The second kappa shape index (κ2) is 7.51. The van der Waals surface area contributed by atoms with Crippen molar-refractivity contribution < 1.29 is 23.0 Å². The summed E-state index contributed by atoms with van der Waals surface area (Å²) in [6, 6.07) is 4.63. The summed E-state index contributed by atoms with van der Waals surface area (Å²) < 4.78 is 34.4. The highest BCUT2D eigenvalue weighted by atomic mass is 32.1. The molecule has 1 amide bonds. The van der Waals surface area contributed by atoms with Crippen LogP contribution in [0.5, 0.6) is 11.5 Å². The molecule has 0 spiro atoms. The minimum absolute atomic E-state index is 0.127. The van der Waals surface area contributed by atoms with Crippen molar-refractivity contribution in [3.05, 3.63) is 41.4 Å². The van der Waals surface area contributed by atoms with Gasteiger partial charge in [0.1, 0.15) is 0 Å². The molecule has 0 saturated carbocycles. The Morgan fingerprint density at radius 3 is 2.91 bits per heavy atom. The predicted octanol–water partition coefficient (Wildman–Crippen LogP) is 3.41. The second-order valence-corrected chi connectivity index (χ2v) is 4.81. The third-order valence-electron chi connectivity index (χ3n) is 2.51. The van der Waals surface area contributed by atoms with Gasteiger partial charge in [-0.2, -0.15) is 8.78 Å². The number of carbonyl (C=O) groups excluding carboxylic acids is 1. The first-order valence-corrected chi connectivity index (χ1v) is 6.98. The molecule has 0 atom stereocenters. The van der Waals surface area contributed by atoms with Gasteiger partial charge in [-0.15, -0.1) is 11.3 Å². The number of aromatic nitrogens is 1. The Morgan fingerprint density at radius 2 is 2.27 bits per heavy atom. The van der Waals surface area contributed by atoms with Crippen molar-refractivity contribution in [3.8, 4) is 11.5 Å². The van der Waals surface area contributed by atoms with Crippen molar-refractivity contribution in [2.75, 3.05) is 12.4 Å². The van der Waals surface area contributed by atoms with E-state index in [0.717, 1.165) is 0 Å². The van der Waals surface area contributed by atoms with Crippen molar-refractivity contribution in [2.45, 2.75) is 6.61 Å². The van der Waals surface area contributed by atoms with Gasteiger partial charge in [0.05, 0.1) is 7.11 Å². The highest BCUT2D eigenvalue weighted by Gasteiger charge is 2.14. The molecule has 8 heteroatoms. The summed E-state index contributed by atoms with van der Waals surface area (Å²) in [5.74, 6) is -0.401. The van der Waals surface area contributed by atoms with Crippen molar-refractivity contribution in [1.29, 1.82) is 0 Å². The predicted molar refractivity (Wildman–Crippen MR) is 79.4 cm³/mol. The average Bonchev–Trinajstić information content (AvgIpc) is 2.98. The summed E-state index contributed by atoms with van der Waals surface area (Å²) in [5, 5.41) is 4.71. The topological polar surface area (TPSA) is 60.5 Å². The number of hydrogen-bond donors (Lipinski definition) is 1. The number of amides is 1. The van der Waals surface area contributed by atoms with E-state index in [1.165, 1.54) is 42.7 Å². The van der Waals surface area contributed by atoms with Crippen LogP contribution in [0, 0.1) is 0 Å². The first kappa shape index (κ1) is 15.9. The highest BCUT2D eigenvalue weighted by molar-refractivity contribution is 7.13. The lowest BCUT2D eigenvalue weighted by Gasteiger charge is -2.12. The Balaban J connectivity index is 2.17. The van der Waals surface area contributed by atoms with E-state index in [2.05, 4.69) is 15.0 Å². The lowest BCUT2D eigenvalue weighted by molar-refractivity contribution is -0.111. The lowest BCUT2D eigenvalue weighted by atomic mass is 10.1. The van der Waals surface area contributed by atoms with Gasteiger partial charge in [-0.25, -0.2) is 4.98 Å². The maximum atomic E-state index is 12.5. The number of hydrogen-bond acceptors (Lipinski definition) is 5. The lowest BCUT2D eigenvalue weighted by Crippen LogP contribution is -2.07. The van der Waals surface area contributed by atoms with E-state index in [1.807, 2.05) is 0 Å². The number of anilines is 1. The summed E-state index contributed by atoms with van der Waals surface area (Å²) in [7, 11) is 1.34. The number of para-hydroxylation sites is 1. The number of rotatable bonds is 6. The first-order chi connectivity index (χ1) is 10.6. The van der Waals surface area contributed by atoms with E-state index in [1.54, 1.807) is 17.6 Å². The summed E-state index contributed by atoms with van der Waals surface area (Å²) >= 11 is 1.27. The number of methoxy groups -OCH3 is 1. The number of nitrogens with one attached hydrogen (secondary N) is 1. The molecule has 1 N–H and O–H groups in total. The molecule has 0 saturated heterocycles. The first-order valence-electron chi connectivity index (χ1n) is 6.10. The molecule has 1 aromatic carbocycles. The number of nitrogens with zero attached hydrogens (tertiary/aromatic N) is 1. The van der Waals surface area contributed by atoms with Gasteiger partial charge in [-0.3, -0.25) is 10.1 Å². The molecule has 0 radical (unpaired) electrons. The molecule has 2 rings (SSSR count). The van der Waals surface area contributed by atoms with Crippen LogP contribution in [0.15, 0.2) is 35.9 Å². The molecule has 2 aromatic rings. The largest absolute Gasteiger partial charge is 0.493 e. The van der Waals surface area contributed by atoms with E-state index in [0.29, 0.717) is 10.7 Å². The Labute approximate surface area is 129 Å². The van der Waals surface area contributed by atoms with Crippen molar-refractivity contribution in [1.82, 2.24) is 4.98 Å². The minimum Gasteiger partial charge on any atom is -0.493 e. The molecule has 0 aliphatic rings. The molecule has 22 heavy (non-hydrogen) atoms. The van der Waals surface area contributed by atoms with Crippen molar-refractivity contribution in [2.24, 2.45) is 0 Å². The van der Waals surface area contributed by atoms with Gasteiger partial charge in [-0.05, 0) is 12.1 Å². The van der Waals surface area contributed by atoms with Gasteiger partial charge in [0.15, 0.2) is 16.6 Å². The van der Waals surface area contributed by atoms with Gasteiger partial charge in [0.2, 0.25) is 5.91 Å². The SMILES string of the molecule is COc1cccc(C=CC(=O)Nc2nccs2)c1OC(F)F. The second-order valence-electron chi connectivity index (χ2n) is 3.92. The Morgan fingerprint density at radius 1 is 1.45 bits per heavy atom. The van der Waals surface area contributed by atoms with E-state index >= 15 is 0 Å². The van der Waals surface area contributed by atoms with E-state index < -0.39 is 12.5 Å². The summed E-state index contributed by atoms with van der Waals surface area (Å²) in [5.41, 5.74) is 0.300. The van der Waals surface area contributed by atoms with Crippen molar-refractivity contribution in [3.63, 3.8) is 0 Å². The number of thiazole rings is 1.